The molecular weight excluding hydrogens is 429 g/mol. The van der Waals surface area contributed by atoms with Crippen molar-refractivity contribution < 1.29 is 9.13 Å². The van der Waals surface area contributed by atoms with Gasteiger partial charge in [-0.3, -0.25) is 0 Å². The molecule has 0 spiro atoms. The van der Waals surface area contributed by atoms with Crippen molar-refractivity contribution in [1.82, 2.24) is 0 Å². The fraction of sp³-hybridized carbons (Fsp3) is 0.0455. The van der Waals surface area contributed by atoms with Gasteiger partial charge in [0.2, 0.25) is 0 Å². The Balaban J connectivity index is 1.88. The van der Waals surface area contributed by atoms with Crippen molar-refractivity contribution in [3.63, 3.8) is 0 Å². The quantitative estimate of drug-likeness (QED) is 0.318. The van der Waals surface area contributed by atoms with Crippen molar-refractivity contribution in [3.05, 3.63) is 98.7 Å². The van der Waals surface area contributed by atoms with Gasteiger partial charge in [-0.05, 0) is 51.3 Å². The number of nitrogens with zero attached hydrogens (tertiary/aromatic N) is 1. The molecule has 0 atom stereocenters. The Labute approximate surface area is 170 Å². The molecule has 0 bridgehead atoms. The predicted octanol–water partition coefficient (Wildman–Crippen LogP) is 6.88. The number of allylic oxidation sites excluding steroid dienone is 1. The minimum absolute atomic E-state index is 0.217. The number of nitriles is 1. The van der Waals surface area contributed by atoms with E-state index in [0.29, 0.717) is 27.4 Å². The monoisotopic (exact) mass is 441 g/mol. The smallest absolute Gasteiger partial charge is 0.152 e. The van der Waals surface area contributed by atoms with Crippen LogP contribution in [-0.4, -0.2) is 0 Å². The van der Waals surface area contributed by atoms with E-state index in [1.807, 2.05) is 36.4 Å². The molecule has 0 fully saturated rings. The van der Waals surface area contributed by atoms with Gasteiger partial charge < -0.3 is 4.74 Å². The predicted molar refractivity (Wildman–Crippen MR) is 110 cm³/mol. The molecule has 3 aromatic rings. The molecule has 0 heterocycles. The highest BCUT2D eigenvalue weighted by Gasteiger charge is 2.11. The van der Waals surface area contributed by atoms with Gasteiger partial charge in [-0.15, -0.1) is 0 Å². The van der Waals surface area contributed by atoms with Crippen molar-refractivity contribution in [2.45, 2.75) is 6.61 Å². The molecule has 0 aliphatic carbocycles. The summed E-state index contributed by atoms with van der Waals surface area (Å²) in [5.74, 6) is 0.0698. The first-order chi connectivity index (χ1) is 13.1. The van der Waals surface area contributed by atoms with E-state index in [-0.39, 0.29) is 11.1 Å². The zero-order chi connectivity index (χ0) is 19.2. The summed E-state index contributed by atoms with van der Waals surface area (Å²) < 4.78 is 20.4. The second kappa shape index (κ2) is 8.85. The van der Waals surface area contributed by atoms with Gasteiger partial charge in [-0.2, -0.15) is 5.26 Å². The maximum Gasteiger partial charge on any atom is 0.152 e. The first-order valence-electron chi connectivity index (χ1n) is 8.11. The van der Waals surface area contributed by atoms with Crippen LogP contribution in [0.25, 0.3) is 11.6 Å². The van der Waals surface area contributed by atoms with E-state index < -0.39 is 5.82 Å². The Morgan fingerprint density at radius 1 is 1.11 bits per heavy atom. The highest BCUT2D eigenvalue weighted by molar-refractivity contribution is 9.10. The maximum absolute atomic E-state index is 14.0. The van der Waals surface area contributed by atoms with Gasteiger partial charge in [0.1, 0.15) is 12.4 Å². The number of benzene rings is 3. The van der Waals surface area contributed by atoms with Gasteiger partial charge >= 0.3 is 0 Å². The number of halogens is 3. The molecule has 0 radical (unpaired) electrons. The Morgan fingerprint density at radius 3 is 2.48 bits per heavy atom. The standard InChI is InChI=1S/C22H14BrClFNO/c23-19-11-16(10-17(13-26)18-8-4-5-9-21(18)25)12-20(24)22(19)27-14-15-6-2-1-3-7-15/h1-12H,14H2/b17-10-. The van der Waals surface area contributed by atoms with Gasteiger partial charge in [-0.1, -0.05) is 60.1 Å². The Kier molecular flexibility index (Phi) is 6.28. The first-order valence-corrected chi connectivity index (χ1v) is 9.28. The van der Waals surface area contributed by atoms with Crippen LogP contribution in [0.2, 0.25) is 5.02 Å². The van der Waals surface area contributed by atoms with Crippen LogP contribution in [0, 0.1) is 17.1 Å². The molecule has 0 saturated heterocycles. The summed E-state index contributed by atoms with van der Waals surface area (Å²) in [6.45, 7) is 0.382. The second-order valence-corrected chi connectivity index (χ2v) is 7.00. The molecule has 2 nitrogen and oxygen atoms in total. The zero-order valence-electron chi connectivity index (χ0n) is 14.1. The zero-order valence-corrected chi connectivity index (χ0v) is 16.5. The van der Waals surface area contributed by atoms with E-state index in [4.69, 9.17) is 16.3 Å². The fourth-order valence-corrected chi connectivity index (χ4v) is 3.54. The third kappa shape index (κ3) is 4.77. The van der Waals surface area contributed by atoms with E-state index in [0.717, 1.165) is 5.56 Å². The first kappa shape index (κ1) is 19.2. The Bertz CT molecular complexity index is 1000. The summed E-state index contributed by atoms with van der Waals surface area (Å²) in [5, 5.41) is 9.81. The Morgan fingerprint density at radius 2 is 1.81 bits per heavy atom. The van der Waals surface area contributed by atoms with E-state index in [9.17, 15) is 9.65 Å². The third-order valence-corrected chi connectivity index (χ3v) is 4.71. The molecule has 0 aliphatic rings. The van der Waals surface area contributed by atoms with Crippen molar-refractivity contribution in [3.8, 4) is 11.8 Å². The molecular formula is C22H14BrClFNO. The minimum atomic E-state index is -0.446. The van der Waals surface area contributed by atoms with Crippen LogP contribution in [0.15, 0.2) is 71.2 Å². The van der Waals surface area contributed by atoms with Crippen LogP contribution < -0.4 is 4.74 Å². The average Bonchev–Trinajstić information content (AvgIpc) is 2.67. The lowest BCUT2D eigenvalue weighted by Gasteiger charge is -2.11. The molecule has 0 saturated carbocycles. The van der Waals surface area contributed by atoms with Crippen molar-refractivity contribution in [2.75, 3.05) is 0 Å². The lowest BCUT2D eigenvalue weighted by molar-refractivity contribution is 0.304. The van der Waals surface area contributed by atoms with Crippen molar-refractivity contribution in [1.29, 1.82) is 5.26 Å². The number of ether oxygens (including phenoxy) is 1. The van der Waals surface area contributed by atoms with E-state index in [1.54, 1.807) is 36.4 Å². The maximum atomic E-state index is 14.0. The van der Waals surface area contributed by atoms with Crippen LogP contribution in [-0.2, 0) is 6.61 Å². The summed E-state index contributed by atoms with van der Waals surface area (Å²) >= 11 is 9.82. The highest BCUT2D eigenvalue weighted by Crippen LogP contribution is 2.36. The number of rotatable bonds is 5. The molecule has 0 aromatic heterocycles. The van der Waals surface area contributed by atoms with Gasteiger partial charge in [0.05, 0.1) is 21.1 Å². The molecule has 5 heteroatoms. The van der Waals surface area contributed by atoms with Gasteiger partial charge in [0, 0.05) is 5.56 Å². The molecule has 3 aromatic carbocycles. The summed E-state index contributed by atoms with van der Waals surface area (Å²) in [6.07, 6.45) is 1.59. The molecule has 27 heavy (non-hydrogen) atoms. The number of hydrogen-bond donors (Lipinski definition) is 0. The van der Waals surface area contributed by atoms with E-state index in [1.165, 1.54) is 6.07 Å². The Hall–Kier alpha value is -2.61. The summed E-state index contributed by atoms with van der Waals surface area (Å²) in [4.78, 5) is 0. The summed E-state index contributed by atoms with van der Waals surface area (Å²) in [6, 6.07) is 21.4. The van der Waals surface area contributed by atoms with Gasteiger partial charge in [0.25, 0.3) is 0 Å². The fourth-order valence-electron chi connectivity index (χ4n) is 2.55. The van der Waals surface area contributed by atoms with Gasteiger partial charge in [0.15, 0.2) is 5.75 Å². The van der Waals surface area contributed by atoms with Crippen LogP contribution in [0.5, 0.6) is 5.75 Å². The topological polar surface area (TPSA) is 33.0 Å². The minimum Gasteiger partial charge on any atom is -0.486 e. The van der Waals surface area contributed by atoms with E-state index in [2.05, 4.69) is 15.9 Å². The normalized spacial score (nSPS) is 11.1. The lowest BCUT2D eigenvalue weighted by Crippen LogP contribution is -1.97. The van der Waals surface area contributed by atoms with Crippen LogP contribution >= 0.6 is 27.5 Å². The molecule has 0 unspecified atom stereocenters. The molecule has 0 aliphatic heterocycles. The van der Waals surface area contributed by atoms with E-state index >= 15 is 0 Å². The van der Waals surface area contributed by atoms with Crippen molar-refractivity contribution >= 4 is 39.2 Å². The average molecular weight is 443 g/mol. The summed E-state index contributed by atoms with van der Waals surface area (Å²) in [5.41, 5.74) is 2.15. The molecule has 0 N–H and O–H groups in total. The molecule has 3 rings (SSSR count). The van der Waals surface area contributed by atoms with Crippen molar-refractivity contribution in [2.24, 2.45) is 0 Å². The number of hydrogen-bond acceptors (Lipinski definition) is 2. The SMILES string of the molecule is N#C/C(=C/c1cc(Cl)c(OCc2ccccc2)c(Br)c1)c1ccccc1F. The van der Waals surface area contributed by atoms with Crippen LogP contribution in [0.4, 0.5) is 4.39 Å². The third-order valence-electron chi connectivity index (χ3n) is 3.84. The highest BCUT2D eigenvalue weighted by atomic mass is 79.9. The largest absolute Gasteiger partial charge is 0.486 e. The second-order valence-electron chi connectivity index (χ2n) is 5.74. The molecule has 0 amide bonds. The molecule has 134 valence electrons. The summed E-state index contributed by atoms with van der Waals surface area (Å²) in [7, 11) is 0. The van der Waals surface area contributed by atoms with Gasteiger partial charge in [-0.25, -0.2) is 4.39 Å². The van der Waals surface area contributed by atoms with Crippen LogP contribution in [0.3, 0.4) is 0 Å². The van der Waals surface area contributed by atoms with Crippen LogP contribution in [0.1, 0.15) is 16.7 Å². The lowest BCUT2D eigenvalue weighted by atomic mass is 10.0.